The molecular weight excluding hydrogens is 612 g/mol. The van der Waals surface area contributed by atoms with Gasteiger partial charge in [-0.2, -0.15) is 0 Å². The Hall–Kier alpha value is -4.99. The zero-order valence-electron chi connectivity index (χ0n) is 21.5. The van der Waals surface area contributed by atoms with Crippen molar-refractivity contribution >= 4 is 71.7 Å². The summed E-state index contributed by atoms with van der Waals surface area (Å²) in [6.07, 6.45) is 0. The average molecular weight is 628 g/mol. The van der Waals surface area contributed by atoms with Crippen LogP contribution in [0.1, 0.15) is 0 Å². The predicted molar refractivity (Wildman–Crippen MR) is 169 cm³/mol. The van der Waals surface area contributed by atoms with Crippen molar-refractivity contribution in [2.24, 2.45) is 0 Å². The van der Waals surface area contributed by atoms with Crippen LogP contribution in [0.25, 0.3) is 89.7 Å². The molecule has 8 nitrogen and oxygen atoms in total. The highest BCUT2D eigenvalue weighted by Gasteiger charge is 2.22. The normalized spacial score (nSPS) is 12.0. The topological polar surface area (TPSA) is 109 Å². The number of benzene rings is 4. The first-order valence-electron chi connectivity index (χ1n) is 13.2. The van der Waals surface area contributed by atoms with E-state index in [2.05, 4.69) is 25.9 Å². The largest absolute Gasteiger partial charge is 0.324 e. The van der Waals surface area contributed by atoms with Gasteiger partial charge in [0.25, 0.3) is 0 Å². The lowest BCUT2D eigenvalue weighted by atomic mass is 10.1. The monoisotopic (exact) mass is 626 g/mol. The van der Waals surface area contributed by atoms with Crippen molar-refractivity contribution in [2.75, 3.05) is 0 Å². The number of hydrogen-bond donors (Lipinski definition) is 2. The number of aromatic nitrogens is 8. The molecule has 10 heteroatoms. The van der Waals surface area contributed by atoms with Gasteiger partial charge < -0.3 is 9.97 Å². The summed E-state index contributed by atoms with van der Waals surface area (Å²) in [5, 5.41) is 4.09. The highest BCUT2D eigenvalue weighted by molar-refractivity contribution is 9.10. The number of nitrogens with one attached hydrogen (secondary N) is 2. The zero-order valence-corrected chi connectivity index (χ0v) is 23.9. The Balaban J connectivity index is 1.52. The van der Waals surface area contributed by atoms with E-state index in [0.717, 1.165) is 48.3 Å². The van der Waals surface area contributed by atoms with Gasteiger partial charge in [0.15, 0.2) is 23.3 Å². The Morgan fingerprint density at radius 2 is 0.857 bits per heavy atom. The molecule has 5 heterocycles. The van der Waals surface area contributed by atoms with Gasteiger partial charge in [-0.25, -0.2) is 29.9 Å². The molecule has 0 saturated carbocycles. The minimum Gasteiger partial charge on any atom is -0.324 e. The van der Waals surface area contributed by atoms with Crippen molar-refractivity contribution in [2.45, 2.75) is 0 Å². The minimum atomic E-state index is 0.540. The fraction of sp³-hybridized carbons (Fsp3) is 0. The van der Waals surface area contributed by atoms with Gasteiger partial charge in [0, 0.05) is 48.3 Å². The molecular formula is C32H16BrClN8. The van der Waals surface area contributed by atoms with Crippen LogP contribution >= 0.6 is 27.5 Å². The first kappa shape index (κ1) is 23.7. The molecule has 198 valence electrons. The first-order valence-corrected chi connectivity index (χ1v) is 14.4. The molecule has 2 aliphatic rings. The predicted octanol–water partition coefficient (Wildman–Crippen LogP) is 8.29. The number of hydrogen-bond acceptors (Lipinski definition) is 6. The van der Waals surface area contributed by atoms with E-state index >= 15 is 0 Å². The van der Waals surface area contributed by atoms with Crippen LogP contribution < -0.4 is 0 Å². The second-order valence-electron chi connectivity index (χ2n) is 10.0. The summed E-state index contributed by atoms with van der Waals surface area (Å²) in [6, 6.07) is 27.7. The average Bonchev–Trinajstić information content (AvgIpc) is 3.74. The third-order valence-electron chi connectivity index (χ3n) is 7.61. The second-order valence-corrected chi connectivity index (χ2v) is 11.2. The van der Waals surface area contributed by atoms with E-state index in [1.165, 1.54) is 0 Å². The van der Waals surface area contributed by atoms with E-state index in [-0.39, 0.29) is 0 Å². The summed E-state index contributed by atoms with van der Waals surface area (Å²) >= 11 is 10.2. The van der Waals surface area contributed by atoms with Crippen LogP contribution in [0.3, 0.4) is 0 Å². The van der Waals surface area contributed by atoms with Crippen LogP contribution in [0.4, 0.5) is 0 Å². The van der Waals surface area contributed by atoms with E-state index in [4.69, 9.17) is 41.5 Å². The first-order chi connectivity index (χ1) is 20.6. The fourth-order valence-electron chi connectivity index (χ4n) is 5.67. The summed E-state index contributed by atoms with van der Waals surface area (Å²) in [6.45, 7) is 0. The lowest BCUT2D eigenvalue weighted by Gasteiger charge is -1.98. The molecule has 0 unspecified atom stereocenters. The molecule has 0 saturated heterocycles. The van der Waals surface area contributed by atoms with Gasteiger partial charge in [-0.15, -0.1) is 0 Å². The molecule has 9 rings (SSSR count). The Morgan fingerprint density at radius 3 is 1.36 bits per heavy atom. The highest BCUT2D eigenvalue weighted by Crippen LogP contribution is 2.39. The minimum absolute atomic E-state index is 0.540. The van der Waals surface area contributed by atoms with Crippen LogP contribution in [-0.4, -0.2) is 39.9 Å². The molecule has 0 spiro atoms. The van der Waals surface area contributed by atoms with Crippen molar-refractivity contribution in [3.8, 4) is 45.6 Å². The van der Waals surface area contributed by atoms with Crippen molar-refractivity contribution in [1.29, 1.82) is 0 Å². The van der Waals surface area contributed by atoms with Crippen molar-refractivity contribution in [3.05, 3.63) is 94.4 Å². The van der Waals surface area contributed by atoms with Gasteiger partial charge in [0.05, 0.1) is 5.02 Å². The van der Waals surface area contributed by atoms with Gasteiger partial charge in [-0.1, -0.05) is 84.4 Å². The Kier molecular flexibility index (Phi) is 4.94. The lowest BCUT2D eigenvalue weighted by Crippen LogP contribution is -1.83. The maximum atomic E-state index is 6.56. The molecule has 2 aliphatic heterocycles. The SMILES string of the molecule is Clc1ccc2c3nc4nc(nc5[nH]c(nc6nc(nc([nH]3)c2c1Br)-c1ccccc1-6)c1ccccc51)-c1ccccc1-4. The van der Waals surface area contributed by atoms with Crippen LogP contribution in [-0.2, 0) is 0 Å². The summed E-state index contributed by atoms with van der Waals surface area (Å²) in [5.74, 6) is 2.22. The number of aromatic amines is 2. The third-order valence-corrected chi connectivity index (χ3v) is 8.98. The number of halogens is 2. The molecule has 42 heavy (non-hydrogen) atoms. The van der Waals surface area contributed by atoms with Gasteiger partial charge in [-0.3, -0.25) is 0 Å². The molecule has 2 N–H and O–H groups in total. The van der Waals surface area contributed by atoms with Crippen LogP contribution in [0, 0.1) is 0 Å². The number of rotatable bonds is 0. The maximum absolute atomic E-state index is 6.56. The van der Waals surface area contributed by atoms with Gasteiger partial charge in [0.1, 0.15) is 22.6 Å². The second kappa shape index (κ2) is 8.75. The molecule has 3 aromatic heterocycles. The smallest absolute Gasteiger partial charge is 0.164 e. The summed E-state index contributed by atoms with van der Waals surface area (Å²) < 4.78 is 0.720. The summed E-state index contributed by atoms with van der Waals surface area (Å²) in [5.41, 5.74) is 6.08. The van der Waals surface area contributed by atoms with Gasteiger partial charge >= 0.3 is 0 Å². The number of fused-ring (bicyclic) bond motifs is 20. The molecule has 0 amide bonds. The standard InChI is InChI=1S/C32H16BrClN8/c33-24-22(34)14-13-21-23(24)32-41-30-20-12-6-5-11-19(20)28(39-30)37-26-16-8-2-1-7-15(16)25(35-26)36-27-17-9-3-4-10-18(17)29(38-27)40-31(21)42-32/h1-14H,(H2,35,36,37,38,39,40,41,42). The molecule has 7 aromatic rings. The molecule has 8 bridgehead atoms. The van der Waals surface area contributed by atoms with Gasteiger partial charge in [-0.05, 0) is 28.1 Å². The van der Waals surface area contributed by atoms with Crippen molar-refractivity contribution in [1.82, 2.24) is 39.9 Å². The van der Waals surface area contributed by atoms with Gasteiger partial charge in [0.2, 0.25) is 0 Å². The molecule has 4 aromatic carbocycles. The maximum Gasteiger partial charge on any atom is 0.164 e. The van der Waals surface area contributed by atoms with Crippen LogP contribution in [0.2, 0.25) is 5.02 Å². The van der Waals surface area contributed by atoms with E-state index in [1.54, 1.807) is 0 Å². The van der Waals surface area contributed by atoms with E-state index < -0.39 is 0 Å². The Morgan fingerprint density at radius 1 is 0.452 bits per heavy atom. The molecule has 0 aliphatic carbocycles. The Bertz CT molecular complexity index is 2460. The van der Waals surface area contributed by atoms with E-state index in [9.17, 15) is 0 Å². The molecule has 0 atom stereocenters. The van der Waals surface area contributed by atoms with Crippen molar-refractivity contribution in [3.63, 3.8) is 0 Å². The third kappa shape index (κ3) is 3.41. The fourth-order valence-corrected chi connectivity index (χ4v) is 6.36. The highest BCUT2D eigenvalue weighted by atomic mass is 79.9. The van der Waals surface area contributed by atoms with Crippen LogP contribution in [0.15, 0.2) is 89.4 Å². The molecule has 0 fully saturated rings. The zero-order chi connectivity index (χ0) is 27.9. The van der Waals surface area contributed by atoms with Crippen LogP contribution in [0.5, 0.6) is 0 Å². The number of nitrogens with zero attached hydrogens (tertiary/aromatic N) is 6. The van der Waals surface area contributed by atoms with E-state index in [0.29, 0.717) is 50.9 Å². The Labute approximate surface area is 250 Å². The molecule has 0 radical (unpaired) electrons. The number of H-pyrrole nitrogens is 2. The summed E-state index contributed by atoms with van der Waals surface area (Å²) in [4.78, 5) is 36.8. The van der Waals surface area contributed by atoms with E-state index in [1.807, 2.05) is 84.9 Å². The lowest BCUT2D eigenvalue weighted by molar-refractivity contribution is 1.19. The summed E-state index contributed by atoms with van der Waals surface area (Å²) in [7, 11) is 0. The quantitative estimate of drug-likeness (QED) is 0.175. The van der Waals surface area contributed by atoms with Crippen molar-refractivity contribution < 1.29 is 0 Å².